The predicted molar refractivity (Wildman–Crippen MR) is 93.6 cm³/mol. The van der Waals surface area contributed by atoms with Crippen molar-refractivity contribution in [2.24, 2.45) is 0 Å². The maximum absolute atomic E-state index is 9.61. The number of thiol groups is 2. The lowest BCUT2D eigenvalue weighted by Gasteiger charge is -2.29. The number of methoxy groups -OCH3 is 1. The van der Waals surface area contributed by atoms with Crippen molar-refractivity contribution in [2.75, 3.05) is 7.11 Å². The summed E-state index contributed by atoms with van der Waals surface area (Å²) in [6.07, 6.45) is -0.316. The molecule has 0 saturated heterocycles. The smallest absolute Gasteiger partial charge is 0.156 e. The molecule has 3 nitrogen and oxygen atoms in total. The summed E-state index contributed by atoms with van der Waals surface area (Å²) < 4.78 is 11.4. The van der Waals surface area contributed by atoms with E-state index in [1.54, 1.807) is 19.2 Å². The van der Waals surface area contributed by atoms with Gasteiger partial charge in [0.05, 0.1) is 13.7 Å². The van der Waals surface area contributed by atoms with Gasteiger partial charge in [-0.3, -0.25) is 0 Å². The summed E-state index contributed by atoms with van der Waals surface area (Å²) in [6, 6.07) is 13.4. The zero-order valence-corrected chi connectivity index (χ0v) is 13.8. The first-order valence-electron chi connectivity index (χ1n) is 6.81. The van der Waals surface area contributed by atoms with Gasteiger partial charge < -0.3 is 14.6 Å². The molecule has 0 radical (unpaired) electrons. The van der Waals surface area contributed by atoms with Crippen molar-refractivity contribution in [2.45, 2.75) is 12.7 Å². The third-order valence-electron chi connectivity index (χ3n) is 3.64. The Kier molecular flexibility index (Phi) is 4.38. The highest BCUT2D eigenvalue weighted by atomic mass is 32.1. The van der Waals surface area contributed by atoms with E-state index in [-0.39, 0.29) is 12.7 Å². The van der Waals surface area contributed by atoms with E-state index in [1.165, 1.54) is 0 Å². The topological polar surface area (TPSA) is 38.7 Å². The van der Waals surface area contributed by atoms with Crippen molar-refractivity contribution in [1.82, 2.24) is 0 Å². The Hall–Kier alpha value is -1.56. The third kappa shape index (κ3) is 2.60. The van der Waals surface area contributed by atoms with Gasteiger partial charge in [-0.1, -0.05) is 30.3 Å². The SMILES string of the molecule is COc1cc(CO)c2c(c1)OC(c1ccccc1)C(S)=C2S. The molecular weight excluding hydrogens is 316 g/mol. The Labute approximate surface area is 140 Å². The van der Waals surface area contributed by atoms with Gasteiger partial charge in [0.1, 0.15) is 11.5 Å². The van der Waals surface area contributed by atoms with E-state index >= 15 is 0 Å². The first-order chi connectivity index (χ1) is 10.7. The van der Waals surface area contributed by atoms with Crippen LogP contribution in [-0.4, -0.2) is 12.2 Å². The second-order valence-electron chi connectivity index (χ2n) is 4.96. The Bertz CT molecular complexity index is 726. The second kappa shape index (κ2) is 6.28. The number of hydrogen-bond acceptors (Lipinski definition) is 5. The van der Waals surface area contributed by atoms with E-state index in [0.29, 0.717) is 22.0 Å². The molecular formula is C17H16O3S2. The van der Waals surface area contributed by atoms with E-state index in [0.717, 1.165) is 16.0 Å². The summed E-state index contributed by atoms with van der Waals surface area (Å²) in [5, 5.41) is 9.61. The molecule has 2 aromatic rings. The van der Waals surface area contributed by atoms with Gasteiger partial charge in [0.15, 0.2) is 6.10 Å². The molecule has 0 amide bonds. The van der Waals surface area contributed by atoms with Crippen LogP contribution in [-0.2, 0) is 6.61 Å². The lowest BCUT2D eigenvalue weighted by atomic mass is 9.99. The van der Waals surface area contributed by atoms with E-state index in [1.807, 2.05) is 30.3 Å². The van der Waals surface area contributed by atoms with Gasteiger partial charge in [0.25, 0.3) is 0 Å². The van der Waals surface area contributed by atoms with Gasteiger partial charge in [-0.25, -0.2) is 0 Å². The van der Waals surface area contributed by atoms with E-state index in [2.05, 4.69) is 25.3 Å². The van der Waals surface area contributed by atoms with Crippen molar-refractivity contribution in [3.63, 3.8) is 0 Å². The number of hydrogen-bond donors (Lipinski definition) is 3. The minimum atomic E-state index is -0.316. The maximum atomic E-state index is 9.61. The summed E-state index contributed by atoms with van der Waals surface area (Å²) in [5.74, 6) is 1.28. The van der Waals surface area contributed by atoms with Crippen LogP contribution in [0.25, 0.3) is 4.91 Å². The van der Waals surface area contributed by atoms with E-state index in [4.69, 9.17) is 9.47 Å². The number of benzene rings is 2. The van der Waals surface area contributed by atoms with Crippen LogP contribution in [0.2, 0.25) is 0 Å². The number of ether oxygens (including phenoxy) is 2. The summed E-state index contributed by atoms with van der Waals surface area (Å²) in [7, 11) is 1.59. The van der Waals surface area contributed by atoms with Crippen LogP contribution in [0.1, 0.15) is 22.8 Å². The molecule has 5 heteroatoms. The molecule has 0 aliphatic carbocycles. The average Bonchev–Trinajstić information content (AvgIpc) is 2.57. The van der Waals surface area contributed by atoms with Gasteiger partial charge in [0.2, 0.25) is 0 Å². The monoisotopic (exact) mass is 332 g/mol. The summed E-state index contributed by atoms with van der Waals surface area (Å²) in [5.41, 5.74) is 2.47. The fourth-order valence-electron chi connectivity index (χ4n) is 2.54. The number of aliphatic hydroxyl groups excluding tert-OH is 1. The molecule has 1 unspecified atom stereocenters. The molecule has 0 saturated carbocycles. The molecule has 2 aromatic carbocycles. The van der Waals surface area contributed by atoms with Crippen LogP contribution in [0.4, 0.5) is 0 Å². The standard InChI is InChI=1S/C17H16O3S2/c1-19-12-7-11(9-18)14-13(8-12)20-15(17(22)16(14)21)10-5-3-2-4-6-10/h2-8,15,18,21-22H,9H2,1H3. The Morgan fingerprint density at radius 2 is 1.91 bits per heavy atom. The Morgan fingerprint density at radius 3 is 2.55 bits per heavy atom. The molecule has 1 heterocycles. The molecule has 3 rings (SSSR count). The Balaban J connectivity index is 2.15. The largest absolute Gasteiger partial charge is 0.497 e. The third-order valence-corrected chi connectivity index (χ3v) is 4.74. The first kappa shape index (κ1) is 15.3. The van der Waals surface area contributed by atoms with Gasteiger partial charge in [-0.2, -0.15) is 0 Å². The number of rotatable bonds is 3. The van der Waals surface area contributed by atoms with Crippen molar-refractivity contribution in [1.29, 1.82) is 0 Å². The molecule has 1 atom stereocenters. The molecule has 114 valence electrons. The van der Waals surface area contributed by atoms with E-state index < -0.39 is 0 Å². The van der Waals surface area contributed by atoms with Crippen LogP contribution in [0, 0.1) is 0 Å². The lowest BCUT2D eigenvalue weighted by Crippen LogP contribution is -2.15. The van der Waals surface area contributed by atoms with Gasteiger partial charge >= 0.3 is 0 Å². The second-order valence-corrected chi connectivity index (χ2v) is 5.89. The van der Waals surface area contributed by atoms with Crippen molar-refractivity contribution < 1.29 is 14.6 Å². The van der Waals surface area contributed by atoms with Crippen LogP contribution in [0.5, 0.6) is 11.5 Å². The molecule has 0 spiro atoms. The van der Waals surface area contributed by atoms with Crippen molar-refractivity contribution >= 4 is 30.2 Å². The van der Waals surface area contributed by atoms with Gasteiger partial charge in [-0.05, 0) is 17.2 Å². The minimum Gasteiger partial charge on any atom is -0.497 e. The highest BCUT2D eigenvalue weighted by Crippen LogP contribution is 2.47. The fourth-order valence-corrected chi connectivity index (χ4v) is 3.22. The molecule has 0 fully saturated rings. The average molecular weight is 332 g/mol. The molecule has 1 aliphatic heterocycles. The highest BCUT2D eigenvalue weighted by Gasteiger charge is 2.29. The van der Waals surface area contributed by atoms with Crippen molar-refractivity contribution in [3.05, 3.63) is 64.1 Å². The zero-order valence-electron chi connectivity index (χ0n) is 12.0. The normalized spacial score (nSPS) is 17.0. The van der Waals surface area contributed by atoms with E-state index in [9.17, 15) is 5.11 Å². The van der Waals surface area contributed by atoms with Crippen LogP contribution >= 0.6 is 25.3 Å². The van der Waals surface area contributed by atoms with Gasteiger partial charge in [-0.15, -0.1) is 25.3 Å². The molecule has 0 bridgehead atoms. The quantitative estimate of drug-likeness (QED) is 0.748. The number of aliphatic hydroxyl groups is 1. The minimum absolute atomic E-state index is 0.121. The molecule has 22 heavy (non-hydrogen) atoms. The summed E-state index contributed by atoms with van der Waals surface area (Å²) in [6.45, 7) is -0.121. The maximum Gasteiger partial charge on any atom is 0.156 e. The predicted octanol–water partition coefficient (Wildman–Crippen LogP) is 3.85. The summed E-state index contributed by atoms with van der Waals surface area (Å²) >= 11 is 9.19. The highest BCUT2D eigenvalue weighted by molar-refractivity contribution is 7.93. The molecule has 1 aliphatic rings. The number of fused-ring (bicyclic) bond motifs is 1. The first-order valence-corrected chi connectivity index (χ1v) is 7.71. The van der Waals surface area contributed by atoms with Crippen LogP contribution < -0.4 is 9.47 Å². The lowest BCUT2D eigenvalue weighted by molar-refractivity contribution is 0.242. The van der Waals surface area contributed by atoms with Crippen LogP contribution in [0.3, 0.4) is 0 Å². The van der Waals surface area contributed by atoms with Gasteiger partial charge in [0, 0.05) is 21.4 Å². The van der Waals surface area contributed by atoms with Crippen molar-refractivity contribution in [3.8, 4) is 11.5 Å². The summed E-state index contributed by atoms with van der Waals surface area (Å²) in [4.78, 5) is 1.44. The Morgan fingerprint density at radius 1 is 1.18 bits per heavy atom. The fraction of sp³-hybridized carbons (Fsp3) is 0.176. The van der Waals surface area contributed by atoms with Crippen LogP contribution in [0.15, 0.2) is 47.4 Å². The molecule has 0 aromatic heterocycles. The zero-order chi connectivity index (χ0) is 15.7. The molecule has 1 N–H and O–H groups in total.